The third kappa shape index (κ3) is 6.20. The Kier molecular flexibility index (Phi) is 7.45. The molecule has 6 nitrogen and oxygen atoms in total. The quantitative estimate of drug-likeness (QED) is 0.601. The first-order valence-corrected chi connectivity index (χ1v) is 11.4. The number of nitrogens with zero attached hydrogens (tertiary/aromatic N) is 3. The SMILES string of the molecule is OCCCOc1ccc(CN2CCC(O)(CN3CCN(c4ccccc4)CC3)C2)cc1. The van der Waals surface area contributed by atoms with Gasteiger partial charge in [0.2, 0.25) is 0 Å². The molecular weight excluding hydrogens is 390 g/mol. The van der Waals surface area contributed by atoms with Gasteiger partial charge in [-0.2, -0.15) is 0 Å². The van der Waals surface area contributed by atoms with Crippen molar-refractivity contribution in [1.82, 2.24) is 9.80 Å². The van der Waals surface area contributed by atoms with Crippen LogP contribution in [0.2, 0.25) is 0 Å². The fraction of sp³-hybridized carbons (Fsp3) is 0.520. The molecule has 0 aliphatic carbocycles. The van der Waals surface area contributed by atoms with E-state index in [0.717, 1.165) is 64.5 Å². The van der Waals surface area contributed by atoms with Gasteiger partial charge in [0.25, 0.3) is 0 Å². The molecule has 0 radical (unpaired) electrons. The number of aliphatic hydroxyl groups excluding tert-OH is 1. The molecule has 6 heteroatoms. The highest BCUT2D eigenvalue weighted by Gasteiger charge is 2.38. The van der Waals surface area contributed by atoms with Crippen molar-refractivity contribution in [2.75, 3.05) is 63.9 Å². The summed E-state index contributed by atoms with van der Waals surface area (Å²) in [5.41, 5.74) is 1.90. The van der Waals surface area contributed by atoms with Crippen molar-refractivity contribution in [2.45, 2.75) is 25.0 Å². The van der Waals surface area contributed by atoms with Gasteiger partial charge in [0, 0.05) is 71.1 Å². The number of β-amino-alcohol motifs (C(OH)–C–C–N with tert-alkyl or cyclic N) is 1. The van der Waals surface area contributed by atoms with Crippen LogP contribution < -0.4 is 9.64 Å². The van der Waals surface area contributed by atoms with Crippen molar-refractivity contribution in [3.8, 4) is 5.75 Å². The second-order valence-electron chi connectivity index (χ2n) is 8.85. The fourth-order valence-corrected chi connectivity index (χ4v) is 4.63. The smallest absolute Gasteiger partial charge is 0.119 e. The summed E-state index contributed by atoms with van der Waals surface area (Å²) in [6.07, 6.45) is 1.48. The van der Waals surface area contributed by atoms with Crippen LogP contribution in [-0.4, -0.2) is 84.6 Å². The van der Waals surface area contributed by atoms with Crippen LogP contribution in [0.25, 0.3) is 0 Å². The van der Waals surface area contributed by atoms with Gasteiger partial charge in [-0.3, -0.25) is 9.80 Å². The molecule has 2 heterocycles. The average Bonchev–Trinajstić information content (AvgIpc) is 3.16. The molecule has 0 amide bonds. The van der Waals surface area contributed by atoms with E-state index in [1.54, 1.807) is 0 Å². The lowest BCUT2D eigenvalue weighted by Crippen LogP contribution is -2.52. The van der Waals surface area contributed by atoms with Crippen LogP contribution in [0.4, 0.5) is 5.69 Å². The Morgan fingerprint density at radius 3 is 2.32 bits per heavy atom. The van der Waals surface area contributed by atoms with E-state index < -0.39 is 5.60 Å². The zero-order valence-electron chi connectivity index (χ0n) is 18.3. The monoisotopic (exact) mass is 425 g/mol. The van der Waals surface area contributed by atoms with E-state index in [1.165, 1.54) is 11.3 Å². The lowest BCUT2D eigenvalue weighted by Gasteiger charge is -2.39. The Morgan fingerprint density at radius 2 is 1.61 bits per heavy atom. The first-order valence-electron chi connectivity index (χ1n) is 11.4. The van der Waals surface area contributed by atoms with Crippen molar-refractivity contribution in [3.63, 3.8) is 0 Å². The van der Waals surface area contributed by atoms with E-state index in [9.17, 15) is 5.11 Å². The Morgan fingerprint density at radius 1 is 0.871 bits per heavy atom. The maximum Gasteiger partial charge on any atom is 0.119 e. The molecule has 0 saturated carbocycles. The van der Waals surface area contributed by atoms with Gasteiger partial charge >= 0.3 is 0 Å². The van der Waals surface area contributed by atoms with Crippen LogP contribution in [0.5, 0.6) is 5.75 Å². The van der Waals surface area contributed by atoms with Crippen LogP contribution in [-0.2, 0) is 6.54 Å². The predicted octanol–water partition coefficient (Wildman–Crippen LogP) is 2.21. The molecule has 2 aliphatic rings. The third-order valence-electron chi connectivity index (χ3n) is 6.32. The van der Waals surface area contributed by atoms with Crippen LogP contribution in [0.3, 0.4) is 0 Å². The van der Waals surface area contributed by atoms with E-state index in [1.807, 2.05) is 12.1 Å². The van der Waals surface area contributed by atoms with Crippen LogP contribution >= 0.6 is 0 Å². The number of likely N-dealkylation sites (tertiary alicyclic amines) is 1. The molecule has 31 heavy (non-hydrogen) atoms. The average molecular weight is 426 g/mol. The van der Waals surface area contributed by atoms with Gasteiger partial charge in [0.05, 0.1) is 12.2 Å². The molecule has 0 aromatic heterocycles. The van der Waals surface area contributed by atoms with Crippen molar-refractivity contribution < 1.29 is 14.9 Å². The fourth-order valence-electron chi connectivity index (χ4n) is 4.63. The van der Waals surface area contributed by atoms with E-state index in [0.29, 0.717) is 13.0 Å². The predicted molar refractivity (Wildman–Crippen MR) is 124 cm³/mol. The standard InChI is InChI=1S/C25H35N3O3/c29-17-4-18-31-24-9-7-22(8-10-24)19-27-12-11-25(30,21-27)20-26-13-15-28(16-14-26)23-5-2-1-3-6-23/h1-3,5-10,29-30H,4,11-21H2. The lowest BCUT2D eigenvalue weighted by molar-refractivity contribution is 0.00978. The Labute approximate surface area is 185 Å². The number of hydrogen-bond donors (Lipinski definition) is 2. The molecule has 0 bridgehead atoms. The van der Waals surface area contributed by atoms with Crippen LogP contribution in [0.1, 0.15) is 18.4 Å². The van der Waals surface area contributed by atoms with Gasteiger partial charge in [0.15, 0.2) is 0 Å². The minimum Gasteiger partial charge on any atom is -0.494 e. The summed E-state index contributed by atoms with van der Waals surface area (Å²) in [6, 6.07) is 18.7. The molecule has 1 unspecified atom stereocenters. The summed E-state index contributed by atoms with van der Waals surface area (Å²) >= 11 is 0. The number of anilines is 1. The molecule has 1 atom stereocenters. The zero-order valence-corrected chi connectivity index (χ0v) is 18.3. The molecule has 168 valence electrons. The largest absolute Gasteiger partial charge is 0.494 e. The van der Waals surface area contributed by atoms with Crippen molar-refractivity contribution in [1.29, 1.82) is 0 Å². The molecule has 4 rings (SSSR count). The number of rotatable bonds is 9. The Bertz CT molecular complexity index is 793. The zero-order chi connectivity index (χ0) is 21.5. The first-order chi connectivity index (χ1) is 15.1. The van der Waals surface area contributed by atoms with Gasteiger partial charge < -0.3 is 19.8 Å². The number of aliphatic hydroxyl groups is 2. The highest BCUT2D eigenvalue weighted by Crippen LogP contribution is 2.26. The molecule has 2 aromatic carbocycles. The topological polar surface area (TPSA) is 59.4 Å². The molecule has 2 aromatic rings. The minimum atomic E-state index is -0.623. The first kappa shape index (κ1) is 22.1. The molecule has 2 fully saturated rings. The third-order valence-corrected chi connectivity index (χ3v) is 6.32. The number of hydrogen-bond acceptors (Lipinski definition) is 6. The molecule has 2 N–H and O–H groups in total. The van der Waals surface area contributed by atoms with Crippen LogP contribution in [0.15, 0.2) is 54.6 Å². The molecular formula is C25H35N3O3. The second-order valence-corrected chi connectivity index (χ2v) is 8.85. The van der Waals surface area contributed by atoms with Crippen molar-refractivity contribution >= 4 is 5.69 Å². The van der Waals surface area contributed by atoms with E-state index in [-0.39, 0.29) is 6.61 Å². The highest BCUT2D eigenvalue weighted by atomic mass is 16.5. The van der Waals surface area contributed by atoms with Gasteiger partial charge in [-0.1, -0.05) is 30.3 Å². The highest BCUT2D eigenvalue weighted by molar-refractivity contribution is 5.46. The normalized spacial score (nSPS) is 22.7. The summed E-state index contributed by atoms with van der Waals surface area (Å²) < 4.78 is 5.60. The maximum atomic E-state index is 11.2. The van der Waals surface area contributed by atoms with Gasteiger partial charge in [0.1, 0.15) is 5.75 Å². The van der Waals surface area contributed by atoms with Gasteiger partial charge in [-0.25, -0.2) is 0 Å². The number of benzene rings is 2. The van der Waals surface area contributed by atoms with E-state index in [4.69, 9.17) is 9.84 Å². The van der Waals surface area contributed by atoms with Gasteiger partial charge in [-0.05, 0) is 36.2 Å². The second kappa shape index (κ2) is 10.5. The van der Waals surface area contributed by atoms with E-state index in [2.05, 4.69) is 57.2 Å². The van der Waals surface area contributed by atoms with Crippen molar-refractivity contribution in [2.24, 2.45) is 0 Å². The van der Waals surface area contributed by atoms with E-state index >= 15 is 0 Å². The summed E-state index contributed by atoms with van der Waals surface area (Å²) in [5.74, 6) is 0.838. The molecule has 0 spiro atoms. The number of piperazine rings is 1. The summed E-state index contributed by atoms with van der Waals surface area (Å²) in [4.78, 5) is 7.20. The number of ether oxygens (including phenoxy) is 1. The molecule has 2 aliphatic heterocycles. The summed E-state index contributed by atoms with van der Waals surface area (Å²) in [6.45, 7) is 7.95. The minimum absolute atomic E-state index is 0.151. The van der Waals surface area contributed by atoms with Crippen molar-refractivity contribution in [3.05, 3.63) is 60.2 Å². The van der Waals surface area contributed by atoms with Crippen LogP contribution in [0, 0.1) is 0 Å². The summed E-state index contributed by atoms with van der Waals surface area (Å²) in [5, 5.41) is 20.0. The Balaban J connectivity index is 1.22. The number of para-hydroxylation sites is 1. The maximum absolute atomic E-state index is 11.2. The lowest BCUT2D eigenvalue weighted by atomic mass is 10.0. The Hall–Kier alpha value is -2.12. The summed E-state index contributed by atoms with van der Waals surface area (Å²) in [7, 11) is 0. The van der Waals surface area contributed by atoms with Gasteiger partial charge in [-0.15, -0.1) is 0 Å². The molecule has 2 saturated heterocycles.